The van der Waals surface area contributed by atoms with Crippen LogP contribution in [0.3, 0.4) is 0 Å². The van der Waals surface area contributed by atoms with Crippen molar-refractivity contribution in [1.82, 2.24) is 4.98 Å². The maximum Gasteiger partial charge on any atom is 0.235 e. The van der Waals surface area contributed by atoms with E-state index in [0.717, 1.165) is 17.3 Å². The predicted molar refractivity (Wildman–Crippen MR) is 45.0 cm³/mol. The van der Waals surface area contributed by atoms with Gasteiger partial charge in [-0.2, -0.15) is 0 Å². The maximum absolute atomic E-state index is 9.96. The van der Waals surface area contributed by atoms with Crippen LogP contribution in [0.2, 0.25) is 0 Å². The van der Waals surface area contributed by atoms with E-state index in [1.54, 1.807) is 12.4 Å². The van der Waals surface area contributed by atoms with E-state index in [2.05, 4.69) is 4.98 Å². The first-order valence-corrected chi connectivity index (χ1v) is 3.42. The standard InChI is InChI=1S/C8H8N2O2/c1-7-4-8(6-9-5-7)2-3-10(11)12/h2-6H,1H3. The van der Waals surface area contributed by atoms with E-state index < -0.39 is 4.92 Å². The molecule has 1 aromatic heterocycles. The molecule has 0 spiro atoms. The molecule has 0 aliphatic heterocycles. The Morgan fingerprint density at radius 3 is 2.92 bits per heavy atom. The first-order chi connectivity index (χ1) is 5.68. The van der Waals surface area contributed by atoms with Gasteiger partial charge in [-0.05, 0) is 24.1 Å². The Bertz CT molecular complexity index is 321. The van der Waals surface area contributed by atoms with Crippen LogP contribution in [-0.4, -0.2) is 9.91 Å². The van der Waals surface area contributed by atoms with Crippen LogP contribution in [0, 0.1) is 17.0 Å². The summed E-state index contributed by atoms with van der Waals surface area (Å²) in [5.41, 5.74) is 1.73. The third-order valence-electron chi connectivity index (χ3n) is 1.28. The average Bonchev–Trinajstić information content (AvgIpc) is 2.01. The number of rotatable bonds is 2. The minimum absolute atomic E-state index is 0.498. The lowest BCUT2D eigenvalue weighted by Crippen LogP contribution is -1.84. The van der Waals surface area contributed by atoms with Gasteiger partial charge in [0.1, 0.15) is 0 Å². The van der Waals surface area contributed by atoms with E-state index in [0.29, 0.717) is 0 Å². The van der Waals surface area contributed by atoms with Gasteiger partial charge in [-0.1, -0.05) is 0 Å². The largest absolute Gasteiger partial charge is 0.264 e. The zero-order valence-corrected chi connectivity index (χ0v) is 6.60. The first-order valence-electron chi connectivity index (χ1n) is 3.42. The normalized spacial score (nSPS) is 10.4. The summed E-state index contributed by atoms with van der Waals surface area (Å²) in [4.78, 5) is 13.3. The zero-order chi connectivity index (χ0) is 8.97. The number of pyridine rings is 1. The molecule has 0 radical (unpaired) electrons. The topological polar surface area (TPSA) is 56.0 Å². The minimum atomic E-state index is -0.498. The van der Waals surface area contributed by atoms with Gasteiger partial charge in [-0.3, -0.25) is 15.1 Å². The summed E-state index contributed by atoms with van der Waals surface area (Å²) in [6.07, 6.45) is 5.59. The molecule has 0 unspecified atom stereocenters. The molecule has 4 heteroatoms. The van der Waals surface area contributed by atoms with Gasteiger partial charge >= 0.3 is 0 Å². The number of aromatic nitrogens is 1. The van der Waals surface area contributed by atoms with Crippen LogP contribution in [0.4, 0.5) is 0 Å². The fourth-order valence-electron chi connectivity index (χ4n) is 0.816. The minimum Gasteiger partial charge on any atom is -0.264 e. The summed E-state index contributed by atoms with van der Waals surface area (Å²) < 4.78 is 0. The molecule has 0 N–H and O–H groups in total. The summed E-state index contributed by atoms with van der Waals surface area (Å²) in [6, 6.07) is 1.83. The van der Waals surface area contributed by atoms with Crippen molar-refractivity contribution in [3.05, 3.63) is 45.9 Å². The molecule has 0 saturated heterocycles. The van der Waals surface area contributed by atoms with Crippen molar-refractivity contribution in [2.45, 2.75) is 6.92 Å². The molecule has 0 aliphatic carbocycles. The molecule has 1 heterocycles. The van der Waals surface area contributed by atoms with Crippen molar-refractivity contribution in [3.8, 4) is 0 Å². The first kappa shape index (κ1) is 8.39. The Labute approximate surface area is 69.7 Å². The lowest BCUT2D eigenvalue weighted by molar-refractivity contribution is -0.400. The second-order valence-corrected chi connectivity index (χ2v) is 2.40. The summed E-state index contributed by atoms with van der Waals surface area (Å²) in [5, 5.41) is 9.96. The Kier molecular flexibility index (Phi) is 2.53. The molecule has 1 rings (SSSR count). The number of hydrogen-bond donors (Lipinski definition) is 0. The predicted octanol–water partition coefficient (Wildman–Crippen LogP) is 1.64. The summed E-state index contributed by atoms with van der Waals surface area (Å²) >= 11 is 0. The Hall–Kier alpha value is -1.71. The second-order valence-electron chi connectivity index (χ2n) is 2.40. The van der Waals surface area contributed by atoms with Gasteiger partial charge in [0, 0.05) is 18.5 Å². The maximum atomic E-state index is 9.96. The summed E-state index contributed by atoms with van der Waals surface area (Å²) in [6.45, 7) is 1.89. The molecular formula is C8H8N2O2. The molecule has 12 heavy (non-hydrogen) atoms. The molecule has 1 aromatic rings. The molecule has 62 valence electrons. The van der Waals surface area contributed by atoms with Crippen LogP contribution >= 0.6 is 0 Å². The Morgan fingerprint density at radius 2 is 2.33 bits per heavy atom. The lowest BCUT2D eigenvalue weighted by atomic mass is 10.2. The SMILES string of the molecule is Cc1cncc(C=C[N+](=O)[O-])c1. The fourth-order valence-corrected chi connectivity index (χ4v) is 0.816. The van der Waals surface area contributed by atoms with Crippen LogP contribution in [0.15, 0.2) is 24.7 Å². The average molecular weight is 164 g/mol. The van der Waals surface area contributed by atoms with E-state index >= 15 is 0 Å². The van der Waals surface area contributed by atoms with Gasteiger partial charge in [-0.25, -0.2) is 0 Å². The van der Waals surface area contributed by atoms with Gasteiger partial charge in [-0.15, -0.1) is 0 Å². The van der Waals surface area contributed by atoms with E-state index in [9.17, 15) is 10.1 Å². The third kappa shape index (κ3) is 2.49. The highest BCUT2D eigenvalue weighted by atomic mass is 16.6. The molecule has 0 aliphatic rings. The van der Waals surface area contributed by atoms with Gasteiger partial charge in [0.2, 0.25) is 6.20 Å². The van der Waals surface area contributed by atoms with Gasteiger partial charge < -0.3 is 0 Å². The Morgan fingerprint density at radius 1 is 1.58 bits per heavy atom. The van der Waals surface area contributed by atoms with E-state index in [1.807, 2.05) is 13.0 Å². The van der Waals surface area contributed by atoms with Crippen molar-refractivity contribution in [3.63, 3.8) is 0 Å². The van der Waals surface area contributed by atoms with Crippen molar-refractivity contribution in [2.75, 3.05) is 0 Å². The van der Waals surface area contributed by atoms with Crippen molar-refractivity contribution >= 4 is 6.08 Å². The van der Waals surface area contributed by atoms with E-state index in [4.69, 9.17) is 0 Å². The Balaban J connectivity index is 2.83. The van der Waals surface area contributed by atoms with Crippen molar-refractivity contribution in [2.24, 2.45) is 0 Å². The molecule has 0 amide bonds. The molecule has 4 nitrogen and oxygen atoms in total. The summed E-state index contributed by atoms with van der Waals surface area (Å²) in [7, 11) is 0. The number of aryl methyl sites for hydroxylation is 1. The molecule has 0 saturated carbocycles. The van der Waals surface area contributed by atoms with Crippen LogP contribution in [0.1, 0.15) is 11.1 Å². The van der Waals surface area contributed by atoms with Crippen LogP contribution in [-0.2, 0) is 0 Å². The number of nitrogens with zero attached hydrogens (tertiary/aromatic N) is 2. The highest BCUT2D eigenvalue weighted by Crippen LogP contribution is 2.02. The summed E-state index contributed by atoms with van der Waals surface area (Å²) in [5.74, 6) is 0. The number of nitro groups is 1. The van der Waals surface area contributed by atoms with Gasteiger partial charge in [0.05, 0.1) is 4.92 Å². The molecule has 0 atom stereocenters. The van der Waals surface area contributed by atoms with Crippen molar-refractivity contribution in [1.29, 1.82) is 0 Å². The number of hydrogen-bond acceptors (Lipinski definition) is 3. The fraction of sp³-hybridized carbons (Fsp3) is 0.125. The van der Waals surface area contributed by atoms with E-state index in [-0.39, 0.29) is 0 Å². The highest BCUT2D eigenvalue weighted by molar-refractivity contribution is 5.47. The van der Waals surface area contributed by atoms with E-state index in [1.165, 1.54) is 6.08 Å². The highest BCUT2D eigenvalue weighted by Gasteiger charge is 1.90. The van der Waals surface area contributed by atoms with Crippen molar-refractivity contribution < 1.29 is 4.92 Å². The zero-order valence-electron chi connectivity index (χ0n) is 6.60. The molecule has 0 aromatic carbocycles. The van der Waals surface area contributed by atoms with Crippen LogP contribution in [0.25, 0.3) is 6.08 Å². The molecule has 0 bridgehead atoms. The van der Waals surface area contributed by atoms with Gasteiger partial charge in [0.25, 0.3) is 0 Å². The molecule has 0 fully saturated rings. The smallest absolute Gasteiger partial charge is 0.235 e. The molecular weight excluding hydrogens is 156 g/mol. The quantitative estimate of drug-likeness (QED) is 0.493. The lowest BCUT2D eigenvalue weighted by Gasteiger charge is -1.91. The van der Waals surface area contributed by atoms with Gasteiger partial charge in [0.15, 0.2) is 0 Å². The third-order valence-corrected chi connectivity index (χ3v) is 1.28. The second kappa shape index (κ2) is 3.61. The monoisotopic (exact) mass is 164 g/mol. The van der Waals surface area contributed by atoms with Crippen LogP contribution in [0.5, 0.6) is 0 Å². The van der Waals surface area contributed by atoms with Crippen LogP contribution < -0.4 is 0 Å².